The van der Waals surface area contributed by atoms with E-state index in [2.05, 4.69) is 17.2 Å². The van der Waals surface area contributed by atoms with E-state index in [1.165, 1.54) is 0 Å². The van der Waals surface area contributed by atoms with Crippen LogP contribution in [0.25, 0.3) is 0 Å². The molecule has 0 aliphatic carbocycles. The molecular weight excluding hydrogens is 314 g/mol. The lowest BCUT2D eigenvalue weighted by Crippen LogP contribution is -2.41. The van der Waals surface area contributed by atoms with E-state index in [1.54, 1.807) is 6.20 Å². The number of amides is 1. The van der Waals surface area contributed by atoms with Crippen molar-refractivity contribution >= 4 is 23.4 Å². The van der Waals surface area contributed by atoms with Gasteiger partial charge in [-0.2, -0.15) is 0 Å². The van der Waals surface area contributed by atoms with Gasteiger partial charge in [-0.05, 0) is 59.1 Å². The zero-order chi connectivity index (χ0) is 17.0. The normalized spacial score (nSPS) is 19.5. The maximum absolute atomic E-state index is 12.3. The summed E-state index contributed by atoms with van der Waals surface area (Å²) in [5, 5.41) is 3.84. The van der Waals surface area contributed by atoms with Crippen LogP contribution in [-0.4, -0.2) is 40.2 Å². The molecule has 5 nitrogen and oxygen atoms in total. The summed E-state index contributed by atoms with van der Waals surface area (Å²) in [6, 6.07) is 4.14. The van der Waals surface area contributed by atoms with Crippen molar-refractivity contribution in [2.75, 3.05) is 11.9 Å². The molecule has 1 N–H and O–H groups in total. The highest BCUT2D eigenvalue weighted by Gasteiger charge is 2.32. The van der Waals surface area contributed by atoms with Crippen LogP contribution < -0.4 is 5.32 Å². The minimum Gasteiger partial charge on any atom is -0.444 e. The molecule has 2 rings (SSSR count). The number of nitrogens with zero attached hydrogens (tertiary/aromatic N) is 2. The van der Waals surface area contributed by atoms with E-state index in [0.717, 1.165) is 31.5 Å². The number of carbonyl (C=O) groups excluding carboxylic acids is 1. The molecule has 6 heteroatoms. The number of rotatable bonds is 4. The van der Waals surface area contributed by atoms with Gasteiger partial charge in [0.25, 0.3) is 0 Å². The molecular formula is C17H26ClN3O2. The number of halogens is 1. The Balaban J connectivity index is 1.93. The van der Waals surface area contributed by atoms with E-state index in [4.69, 9.17) is 16.3 Å². The van der Waals surface area contributed by atoms with Crippen LogP contribution in [0.2, 0.25) is 5.15 Å². The molecule has 1 aliphatic heterocycles. The van der Waals surface area contributed by atoms with Crippen molar-refractivity contribution < 1.29 is 9.53 Å². The summed E-state index contributed by atoms with van der Waals surface area (Å²) < 4.78 is 5.51. The second kappa shape index (κ2) is 7.39. The molecule has 2 unspecified atom stereocenters. The molecule has 1 fully saturated rings. The van der Waals surface area contributed by atoms with E-state index in [1.807, 2.05) is 37.8 Å². The Morgan fingerprint density at radius 3 is 2.96 bits per heavy atom. The summed E-state index contributed by atoms with van der Waals surface area (Å²) in [6.45, 7) is 8.54. The largest absolute Gasteiger partial charge is 0.444 e. The third-order valence-electron chi connectivity index (χ3n) is 3.79. The summed E-state index contributed by atoms with van der Waals surface area (Å²) in [6.07, 6.45) is 4.33. The van der Waals surface area contributed by atoms with Crippen LogP contribution in [0, 0.1) is 0 Å². The molecule has 1 aromatic heterocycles. The van der Waals surface area contributed by atoms with Crippen LogP contribution >= 0.6 is 11.6 Å². The van der Waals surface area contributed by atoms with Gasteiger partial charge in [0.05, 0.1) is 5.69 Å². The first-order valence-electron chi connectivity index (χ1n) is 8.13. The van der Waals surface area contributed by atoms with Crippen LogP contribution in [0.1, 0.15) is 47.0 Å². The first-order chi connectivity index (χ1) is 10.8. The topological polar surface area (TPSA) is 54.5 Å². The van der Waals surface area contributed by atoms with Crippen LogP contribution in [-0.2, 0) is 4.74 Å². The van der Waals surface area contributed by atoms with Gasteiger partial charge >= 0.3 is 6.09 Å². The minimum atomic E-state index is -0.461. The summed E-state index contributed by atoms with van der Waals surface area (Å²) in [5.41, 5.74) is 0.362. The Morgan fingerprint density at radius 1 is 1.57 bits per heavy atom. The van der Waals surface area contributed by atoms with Gasteiger partial charge in [0.2, 0.25) is 0 Å². The van der Waals surface area contributed by atoms with Crippen molar-refractivity contribution in [2.24, 2.45) is 0 Å². The Labute approximate surface area is 143 Å². The molecule has 0 spiro atoms. The first-order valence-corrected chi connectivity index (χ1v) is 8.51. The highest BCUT2D eigenvalue weighted by atomic mass is 35.5. The predicted molar refractivity (Wildman–Crippen MR) is 92.9 cm³/mol. The van der Waals surface area contributed by atoms with E-state index in [9.17, 15) is 4.79 Å². The molecule has 0 aromatic carbocycles. The van der Waals surface area contributed by atoms with E-state index in [0.29, 0.717) is 5.15 Å². The Hall–Kier alpha value is -1.49. The summed E-state index contributed by atoms with van der Waals surface area (Å²) in [7, 11) is 0. The van der Waals surface area contributed by atoms with Crippen molar-refractivity contribution in [3.05, 3.63) is 23.5 Å². The maximum atomic E-state index is 12.3. The molecule has 0 radical (unpaired) electrons. The van der Waals surface area contributed by atoms with Crippen LogP contribution in [0.15, 0.2) is 18.3 Å². The van der Waals surface area contributed by atoms with Crippen molar-refractivity contribution in [3.8, 4) is 0 Å². The lowest BCUT2D eigenvalue weighted by atomic mass is 10.1. The smallest absolute Gasteiger partial charge is 0.410 e. The summed E-state index contributed by atoms with van der Waals surface area (Å²) in [4.78, 5) is 18.2. The fraction of sp³-hybridized carbons (Fsp3) is 0.647. The Morgan fingerprint density at radius 2 is 2.30 bits per heavy atom. The molecule has 0 saturated carbocycles. The zero-order valence-electron chi connectivity index (χ0n) is 14.3. The fourth-order valence-electron chi connectivity index (χ4n) is 2.87. The lowest BCUT2D eigenvalue weighted by Gasteiger charge is -2.30. The quantitative estimate of drug-likeness (QED) is 0.830. The number of aromatic nitrogens is 1. The number of nitrogens with one attached hydrogen (secondary N) is 1. The predicted octanol–water partition coefficient (Wildman–Crippen LogP) is 4.33. The average molecular weight is 340 g/mol. The van der Waals surface area contributed by atoms with Gasteiger partial charge in [0.1, 0.15) is 5.60 Å². The van der Waals surface area contributed by atoms with Crippen molar-refractivity contribution in [2.45, 2.75) is 64.6 Å². The Kier molecular flexibility index (Phi) is 5.74. The van der Waals surface area contributed by atoms with Gasteiger partial charge in [-0.15, -0.1) is 0 Å². The second-order valence-electron chi connectivity index (χ2n) is 7.09. The Bertz CT molecular complexity index is 545. The maximum Gasteiger partial charge on any atom is 0.410 e. The molecule has 128 valence electrons. The van der Waals surface area contributed by atoms with Crippen LogP contribution in [0.5, 0.6) is 0 Å². The minimum absolute atomic E-state index is 0.185. The van der Waals surface area contributed by atoms with Gasteiger partial charge in [-0.1, -0.05) is 11.6 Å². The van der Waals surface area contributed by atoms with Gasteiger partial charge < -0.3 is 15.0 Å². The number of ether oxygens (including phenoxy) is 1. The molecule has 1 aromatic rings. The second-order valence-corrected chi connectivity index (χ2v) is 7.45. The van der Waals surface area contributed by atoms with Gasteiger partial charge in [-0.25, -0.2) is 9.78 Å². The van der Waals surface area contributed by atoms with E-state index < -0.39 is 5.60 Å². The van der Waals surface area contributed by atoms with Crippen molar-refractivity contribution in [1.29, 1.82) is 0 Å². The molecule has 1 saturated heterocycles. The molecule has 1 aliphatic rings. The lowest BCUT2D eigenvalue weighted by molar-refractivity contribution is 0.0218. The van der Waals surface area contributed by atoms with E-state index in [-0.39, 0.29) is 18.2 Å². The third kappa shape index (κ3) is 5.27. The number of hydrogen-bond donors (Lipinski definition) is 1. The van der Waals surface area contributed by atoms with E-state index >= 15 is 0 Å². The van der Waals surface area contributed by atoms with Crippen molar-refractivity contribution in [3.63, 3.8) is 0 Å². The van der Waals surface area contributed by atoms with Crippen LogP contribution in [0.4, 0.5) is 10.5 Å². The molecule has 2 atom stereocenters. The number of pyridine rings is 1. The van der Waals surface area contributed by atoms with Gasteiger partial charge in [0, 0.05) is 24.8 Å². The standard InChI is InChI=1S/C17H26ClN3O2/c1-12(20-14-8-5-9-19-15(14)18)11-13-7-6-10-21(13)16(22)23-17(2,3)4/h5,8-9,12-13,20H,6-7,10-11H2,1-4H3. The molecule has 2 heterocycles. The highest BCUT2D eigenvalue weighted by molar-refractivity contribution is 6.31. The average Bonchev–Trinajstić information content (AvgIpc) is 2.87. The number of carbonyl (C=O) groups is 1. The third-order valence-corrected chi connectivity index (χ3v) is 4.09. The highest BCUT2D eigenvalue weighted by Crippen LogP contribution is 2.26. The molecule has 0 bridgehead atoms. The fourth-order valence-corrected chi connectivity index (χ4v) is 3.04. The monoisotopic (exact) mass is 339 g/mol. The number of likely N-dealkylation sites (tertiary alicyclic amines) is 1. The SMILES string of the molecule is CC(CC1CCCN1C(=O)OC(C)(C)C)Nc1cccnc1Cl. The van der Waals surface area contributed by atoms with Gasteiger partial charge in [-0.3, -0.25) is 0 Å². The first kappa shape index (κ1) is 17.9. The van der Waals surface area contributed by atoms with Gasteiger partial charge in [0.15, 0.2) is 5.15 Å². The number of hydrogen-bond acceptors (Lipinski definition) is 4. The molecule has 1 amide bonds. The summed E-state index contributed by atoms with van der Waals surface area (Å²) >= 11 is 6.08. The number of anilines is 1. The zero-order valence-corrected chi connectivity index (χ0v) is 15.1. The van der Waals surface area contributed by atoms with Crippen molar-refractivity contribution in [1.82, 2.24) is 9.88 Å². The van der Waals surface area contributed by atoms with Crippen LogP contribution in [0.3, 0.4) is 0 Å². The summed E-state index contributed by atoms with van der Waals surface area (Å²) in [5.74, 6) is 0. The molecule has 23 heavy (non-hydrogen) atoms.